The number of pyridine rings is 1. The molecule has 2 aromatic rings. The van der Waals surface area contributed by atoms with Crippen molar-refractivity contribution in [3.8, 4) is 0 Å². The quantitative estimate of drug-likeness (QED) is 0.760. The van der Waals surface area contributed by atoms with Crippen LogP contribution in [0.5, 0.6) is 0 Å². The molecule has 84 valence electrons. The van der Waals surface area contributed by atoms with E-state index in [1.54, 1.807) is 17.7 Å². The van der Waals surface area contributed by atoms with Crippen LogP contribution < -0.4 is 5.56 Å². The Bertz CT molecular complexity index is 578. The molecule has 0 N–H and O–H groups in total. The first-order valence-corrected chi connectivity index (χ1v) is 6.52. The second kappa shape index (κ2) is 3.70. The van der Waals surface area contributed by atoms with Gasteiger partial charge >= 0.3 is 0 Å². The summed E-state index contributed by atoms with van der Waals surface area (Å²) in [5.41, 5.74) is 1.91. The first kappa shape index (κ1) is 10.0. The maximum Gasteiger partial charge on any atom is 0.287 e. The van der Waals surface area contributed by atoms with Crippen LogP contribution in [0.25, 0.3) is 10.2 Å². The molecule has 0 unspecified atom stereocenters. The van der Waals surface area contributed by atoms with Crippen LogP contribution in [0.4, 0.5) is 0 Å². The summed E-state index contributed by atoms with van der Waals surface area (Å²) in [5.74, 6) is 0. The number of aromatic nitrogens is 2. The lowest BCUT2D eigenvalue weighted by molar-refractivity contribution is 0.546. The zero-order chi connectivity index (χ0) is 11.1. The average molecular weight is 234 g/mol. The predicted molar refractivity (Wildman–Crippen MR) is 66.1 cm³/mol. The topological polar surface area (TPSA) is 34.9 Å². The van der Waals surface area contributed by atoms with Crippen LogP contribution in [0.1, 0.15) is 37.3 Å². The van der Waals surface area contributed by atoms with Gasteiger partial charge in [-0.3, -0.25) is 8.75 Å². The Kier molecular flexibility index (Phi) is 2.32. The van der Waals surface area contributed by atoms with Gasteiger partial charge in [-0.25, -0.2) is 4.98 Å². The number of hydrogen-bond donors (Lipinski definition) is 0. The molecule has 1 aliphatic carbocycles. The molecular formula is C12H14N2OS. The van der Waals surface area contributed by atoms with E-state index < -0.39 is 0 Å². The number of hydrogen-bond acceptors (Lipinski definition) is 3. The van der Waals surface area contributed by atoms with Gasteiger partial charge in [0.2, 0.25) is 0 Å². The summed E-state index contributed by atoms with van der Waals surface area (Å²) >= 11 is 1.59. The highest BCUT2D eigenvalue weighted by Crippen LogP contribution is 2.32. The van der Waals surface area contributed by atoms with Crippen molar-refractivity contribution >= 4 is 21.7 Å². The molecule has 0 saturated heterocycles. The van der Waals surface area contributed by atoms with Gasteiger partial charge in [-0.05, 0) is 31.4 Å². The Morgan fingerprint density at radius 2 is 2.19 bits per heavy atom. The van der Waals surface area contributed by atoms with Crippen molar-refractivity contribution < 1.29 is 0 Å². The maximum atomic E-state index is 12.2. The summed E-state index contributed by atoms with van der Waals surface area (Å²) in [6.07, 6.45) is 6.51. The van der Waals surface area contributed by atoms with E-state index in [2.05, 4.69) is 4.98 Å². The summed E-state index contributed by atoms with van der Waals surface area (Å²) in [7, 11) is 0. The number of nitrogens with zero attached hydrogens (tertiary/aromatic N) is 2. The average Bonchev–Trinajstić information content (AvgIpc) is 2.88. The van der Waals surface area contributed by atoms with Gasteiger partial charge in [0, 0.05) is 12.2 Å². The molecule has 0 atom stereocenters. The highest BCUT2D eigenvalue weighted by molar-refractivity contribution is 7.14. The van der Waals surface area contributed by atoms with Crippen molar-refractivity contribution in [3.63, 3.8) is 0 Å². The van der Waals surface area contributed by atoms with Gasteiger partial charge in [0.1, 0.15) is 5.52 Å². The lowest BCUT2D eigenvalue weighted by atomic mass is 10.2. The van der Waals surface area contributed by atoms with Crippen molar-refractivity contribution in [2.45, 2.75) is 38.6 Å². The molecule has 0 spiro atoms. The van der Waals surface area contributed by atoms with Gasteiger partial charge in [-0.1, -0.05) is 24.4 Å². The fraction of sp³-hybridized carbons (Fsp3) is 0.500. The molecule has 4 heteroatoms. The van der Waals surface area contributed by atoms with Gasteiger partial charge in [-0.2, -0.15) is 0 Å². The third-order valence-electron chi connectivity index (χ3n) is 3.35. The minimum atomic E-state index is 0.107. The summed E-state index contributed by atoms with van der Waals surface area (Å²) < 4.78 is 3.00. The van der Waals surface area contributed by atoms with Crippen LogP contribution in [0, 0.1) is 6.92 Å². The van der Waals surface area contributed by atoms with Crippen LogP contribution in [-0.4, -0.2) is 8.94 Å². The molecule has 0 aliphatic heterocycles. The van der Waals surface area contributed by atoms with Crippen molar-refractivity contribution in [2.24, 2.45) is 0 Å². The lowest BCUT2D eigenvalue weighted by Gasteiger charge is -2.07. The Balaban J connectivity index is 2.23. The van der Waals surface area contributed by atoms with Crippen molar-refractivity contribution in [1.82, 2.24) is 8.94 Å². The third kappa shape index (κ3) is 1.40. The highest BCUT2D eigenvalue weighted by atomic mass is 32.1. The molecule has 0 aromatic carbocycles. The van der Waals surface area contributed by atoms with Gasteiger partial charge in [0.25, 0.3) is 5.56 Å². The van der Waals surface area contributed by atoms with Crippen LogP contribution >= 0.6 is 11.5 Å². The lowest BCUT2D eigenvalue weighted by Crippen LogP contribution is -2.17. The van der Waals surface area contributed by atoms with Crippen LogP contribution in [0.15, 0.2) is 17.1 Å². The SMILES string of the molecule is Cc1ccnc2c(=O)n(C3CCCC3)sc12. The van der Waals surface area contributed by atoms with Gasteiger partial charge in [-0.15, -0.1) is 0 Å². The first-order valence-electron chi connectivity index (χ1n) is 5.74. The molecule has 3 rings (SSSR count). The number of rotatable bonds is 1. The molecule has 16 heavy (non-hydrogen) atoms. The fourth-order valence-electron chi connectivity index (χ4n) is 2.44. The summed E-state index contributed by atoms with van der Waals surface area (Å²) in [5, 5.41) is 0. The second-order valence-electron chi connectivity index (χ2n) is 4.47. The largest absolute Gasteiger partial charge is 0.287 e. The van der Waals surface area contributed by atoms with Crippen molar-refractivity contribution in [1.29, 1.82) is 0 Å². The molecular weight excluding hydrogens is 220 g/mol. The van der Waals surface area contributed by atoms with Crippen LogP contribution in [0.3, 0.4) is 0 Å². The first-order chi connectivity index (χ1) is 7.77. The maximum absolute atomic E-state index is 12.2. The molecule has 0 radical (unpaired) electrons. The summed E-state index contributed by atoms with van der Waals surface area (Å²) in [4.78, 5) is 16.4. The van der Waals surface area contributed by atoms with Gasteiger partial charge < -0.3 is 0 Å². The van der Waals surface area contributed by atoms with E-state index in [0.29, 0.717) is 11.6 Å². The molecule has 1 fully saturated rings. The van der Waals surface area contributed by atoms with E-state index in [-0.39, 0.29) is 5.56 Å². The smallest absolute Gasteiger partial charge is 0.266 e. The Labute approximate surface area is 97.9 Å². The van der Waals surface area contributed by atoms with Crippen LogP contribution in [0.2, 0.25) is 0 Å². The molecule has 3 nitrogen and oxygen atoms in total. The van der Waals surface area contributed by atoms with E-state index in [9.17, 15) is 4.79 Å². The minimum absolute atomic E-state index is 0.107. The van der Waals surface area contributed by atoms with Crippen LogP contribution in [-0.2, 0) is 0 Å². The predicted octanol–water partition coefficient (Wildman–Crippen LogP) is 2.88. The second-order valence-corrected chi connectivity index (χ2v) is 5.45. The zero-order valence-electron chi connectivity index (χ0n) is 9.27. The molecule has 0 bridgehead atoms. The van der Waals surface area contributed by atoms with Crippen molar-refractivity contribution in [2.75, 3.05) is 0 Å². The zero-order valence-corrected chi connectivity index (χ0v) is 10.1. The minimum Gasteiger partial charge on any atom is -0.266 e. The van der Waals surface area contributed by atoms with E-state index in [1.807, 2.05) is 16.9 Å². The Hall–Kier alpha value is -1.16. The van der Waals surface area contributed by atoms with E-state index >= 15 is 0 Å². The normalized spacial score (nSPS) is 17.3. The molecule has 1 saturated carbocycles. The highest BCUT2D eigenvalue weighted by Gasteiger charge is 2.21. The van der Waals surface area contributed by atoms with Gasteiger partial charge in [0.15, 0.2) is 0 Å². The molecule has 0 amide bonds. The summed E-state index contributed by atoms with van der Waals surface area (Å²) in [6.45, 7) is 2.04. The monoisotopic (exact) mass is 234 g/mol. The van der Waals surface area contributed by atoms with E-state index in [0.717, 1.165) is 23.1 Å². The number of fused-ring (bicyclic) bond motifs is 1. The van der Waals surface area contributed by atoms with Gasteiger partial charge in [0.05, 0.1) is 4.70 Å². The van der Waals surface area contributed by atoms with E-state index in [4.69, 9.17) is 0 Å². The molecule has 2 heterocycles. The molecule has 2 aromatic heterocycles. The third-order valence-corrected chi connectivity index (χ3v) is 4.71. The fourth-order valence-corrected chi connectivity index (χ4v) is 3.60. The Morgan fingerprint density at radius 3 is 2.88 bits per heavy atom. The molecule has 1 aliphatic rings. The van der Waals surface area contributed by atoms with Crippen molar-refractivity contribution in [3.05, 3.63) is 28.2 Å². The number of aryl methyl sites for hydroxylation is 1. The summed E-state index contributed by atoms with van der Waals surface area (Å²) in [6, 6.07) is 2.39. The van der Waals surface area contributed by atoms with E-state index in [1.165, 1.54) is 12.8 Å². The Morgan fingerprint density at radius 1 is 1.44 bits per heavy atom. The standard InChI is InChI=1S/C12H14N2OS/c1-8-6-7-13-10-11(8)16-14(12(10)15)9-4-2-3-5-9/h6-7,9H,2-5H2,1H3.